The van der Waals surface area contributed by atoms with Gasteiger partial charge in [-0.15, -0.1) is 0 Å². The first kappa shape index (κ1) is 16.9. The van der Waals surface area contributed by atoms with Gasteiger partial charge in [0.1, 0.15) is 16.4 Å². The summed E-state index contributed by atoms with van der Waals surface area (Å²) in [5, 5.41) is 0.298. The van der Waals surface area contributed by atoms with Crippen LogP contribution in [0.3, 0.4) is 0 Å². The molecule has 5 nitrogen and oxygen atoms in total. The molecule has 0 aliphatic carbocycles. The second-order valence-electron chi connectivity index (χ2n) is 5.45. The number of anilines is 1. The van der Waals surface area contributed by atoms with E-state index in [1.165, 1.54) is 30.7 Å². The smallest absolute Gasteiger partial charge is 0.268 e. The van der Waals surface area contributed by atoms with E-state index >= 15 is 0 Å². The molecule has 1 aliphatic heterocycles. The van der Waals surface area contributed by atoms with Crippen LogP contribution >= 0.6 is 11.6 Å². The molecule has 0 saturated heterocycles. The fourth-order valence-electron chi connectivity index (χ4n) is 2.90. The van der Waals surface area contributed by atoms with E-state index in [1.54, 1.807) is 0 Å². The average molecular weight is 368 g/mol. The Morgan fingerprint density at radius 1 is 1.08 bits per heavy atom. The maximum absolute atomic E-state index is 13.3. The predicted octanol–water partition coefficient (Wildman–Crippen LogP) is 3.50. The highest BCUT2D eigenvalue weighted by Gasteiger charge is 2.32. The Morgan fingerprint density at radius 2 is 1.79 bits per heavy atom. The number of nitrogens with zero attached hydrogens (tertiary/aromatic N) is 1. The van der Waals surface area contributed by atoms with Crippen LogP contribution < -0.4 is 13.8 Å². The van der Waals surface area contributed by atoms with Crippen molar-refractivity contribution >= 4 is 27.3 Å². The van der Waals surface area contributed by atoms with Crippen LogP contribution in [0.25, 0.3) is 0 Å². The minimum absolute atomic E-state index is 0.0444. The normalized spacial score (nSPS) is 14.2. The highest BCUT2D eigenvalue weighted by molar-refractivity contribution is 7.93. The number of hydrogen-bond donors (Lipinski definition) is 0. The van der Waals surface area contributed by atoms with Crippen molar-refractivity contribution in [3.05, 3.63) is 47.0 Å². The largest absolute Gasteiger partial charge is 0.495 e. The first-order chi connectivity index (χ1) is 11.5. The van der Waals surface area contributed by atoms with Crippen LogP contribution in [0, 0.1) is 0 Å². The Kier molecular flexibility index (Phi) is 4.60. The summed E-state index contributed by atoms with van der Waals surface area (Å²) in [7, 11) is -0.935. The van der Waals surface area contributed by atoms with Gasteiger partial charge in [0.05, 0.1) is 24.9 Å². The summed E-state index contributed by atoms with van der Waals surface area (Å²) in [5.74, 6) is 0.491. The number of sulfonamides is 1. The topological polar surface area (TPSA) is 55.8 Å². The van der Waals surface area contributed by atoms with Gasteiger partial charge in [-0.25, -0.2) is 8.42 Å². The number of methoxy groups -OCH3 is 2. The van der Waals surface area contributed by atoms with Crippen molar-refractivity contribution in [2.75, 3.05) is 25.1 Å². The molecule has 1 aliphatic rings. The van der Waals surface area contributed by atoms with Crippen LogP contribution in [0.1, 0.15) is 12.0 Å². The first-order valence-electron chi connectivity index (χ1n) is 7.51. The maximum Gasteiger partial charge on any atom is 0.268 e. The monoisotopic (exact) mass is 367 g/mol. The lowest BCUT2D eigenvalue weighted by Crippen LogP contribution is -2.35. The second-order valence-corrected chi connectivity index (χ2v) is 7.68. The lowest BCUT2D eigenvalue weighted by Gasteiger charge is -2.31. The van der Waals surface area contributed by atoms with Crippen LogP contribution in [0.15, 0.2) is 41.3 Å². The molecule has 0 N–H and O–H groups in total. The van der Waals surface area contributed by atoms with E-state index in [-0.39, 0.29) is 10.6 Å². The van der Waals surface area contributed by atoms with Gasteiger partial charge in [-0.05, 0) is 24.5 Å². The number of fused-ring (bicyclic) bond motifs is 1. The van der Waals surface area contributed by atoms with Crippen molar-refractivity contribution in [3.8, 4) is 11.5 Å². The molecule has 24 heavy (non-hydrogen) atoms. The molecule has 0 unspecified atom stereocenters. The van der Waals surface area contributed by atoms with E-state index < -0.39 is 10.0 Å². The zero-order chi connectivity index (χ0) is 17.3. The zero-order valence-corrected chi connectivity index (χ0v) is 15.0. The van der Waals surface area contributed by atoms with Gasteiger partial charge >= 0.3 is 0 Å². The molecule has 2 aromatic carbocycles. The molecule has 0 bridgehead atoms. The van der Waals surface area contributed by atoms with Crippen LogP contribution in [-0.2, 0) is 16.4 Å². The van der Waals surface area contributed by atoms with Crippen molar-refractivity contribution in [2.24, 2.45) is 0 Å². The Bertz CT molecular complexity index is 867. The van der Waals surface area contributed by atoms with Crippen LogP contribution in [0.2, 0.25) is 5.02 Å². The minimum atomic E-state index is -3.80. The van der Waals surface area contributed by atoms with Gasteiger partial charge in [0.25, 0.3) is 10.0 Å². The quantitative estimate of drug-likeness (QED) is 0.829. The summed E-state index contributed by atoms with van der Waals surface area (Å²) >= 11 is 6.08. The van der Waals surface area contributed by atoms with Gasteiger partial charge < -0.3 is 9.47 Å². The van der Waals surface area contributed by atoms with Gasteiger partial charge in [-0.1, -0.05) is 29.8 Å². The Balaban J connectivity index is 2.16. The molecule has 0 atom stereocenters. The third kappa shape index (κ3) is 2.80. The molecule has 0 aromatic heterocycles. The summed E-state index contributed by atoms with van der Waals surface area (Å²) in [4.78, 5) is 0.0444. The van der Waals surface area contributed by atoms with E-state index in [9.17, 15) is 8.42 Å². The minimum Gasteiger partial charge on any atom is -0.495 e. The third-order valence-electron chi connectivity index (χ3n) is 4.07. The van der Waals surface area contributed by atoms with Crippen molar-refractivity contribution < 1.29 is 17.9 Å². The number of para-hydroxylation sites is 1. The Morgan fingerprint density at radius 3 is 2.50 bits per heavy atom. The molecule has 7 heteroatoms. The van der Waals surface area contributed by atoms with Crippen molar-refractivity contribution in [1.29, 1.82) is 0 Å². The number of benzene rings is 2. The molecule has 128 valence electrons. The van der Waals surface area contributed by atoms with Gasteiger partial charge in [0.15, 0.2) is 0 Å². The van der Waals surface area contributed by atoms with Crippen LogP contribution in [0.4, 0.5) is 5.69 Å². The van der Waals surface area contributed by atoms with Gasteiger partial charge in [0.2, 0.25) is 0 Å². The lowest BCUT2D eigenvalue weighted by atomic mass is 10.0. The molecule has 0 saturated carbocycles. The lowest BCUT2D eigenvalue weighted by molar-refractivity contribution is 0.392. The summed E-state index contributed by atoms with van der Waals surface area (Å²) in [5.41, 5.74) is 1.73. The van der Waals surface area contributed by atoms with Gasteiger partial charge in [0, 0.05) is 18.7 Å². The first-order valence-corrected chi connectivity index (χ1v) is 9.33. The van der Waals surface area contributed by atoms with Crippen molar-refractivity contribution in [1.82, 2.24) is 0 Å². The van der Waals surface area contributed by atoms with E-state index in [2.05, 4.69) is 0 Å². The number of ether oxygens (including phenoxy) is 2. The maximum atomic E-state index is 13.3. The van der Waals surface area contributed by atoms with E-state index in [1.807, 2.05) is 24.3 Å². The van der Waals surface area contributed by atoms with Gasteiger partial charge in [-0.3, -0.25) is 4.31 Å². The van der Waals surface area contributed by atoms with E-state index in [0.717, 1.165) is 18.4 Å². The molecule has 2 aromatic rings. The highest BCUT2D eigenvalue weighted by atomic mass is 35.5. The van der Waals surface area contributed by atoms with Crippen molar-refractivity contribution in [3.63, 3.8) is 0 Å². The number of hydrogen-bond acceptors (Lipinski definition) is 4. The summed E-state index contributed by atoms with van der Waals surface area (Å²) in [6.07, 6.45) is 1.63. The average Bonchev–Trinajstić information content (AvgIpc) is 2.60. The number of aryl methyl sites for hydroxylation is 1. The SMILES string of the molecule is COc1cc(S(=O)(=O)N2CCCc3ccccc32)c(OC)cc1Cl. The molecule has 0 spiro atoms. The van der Waals surface area contributed by atoms with Gasteiger partial charge in [-0.2, -0.15) is 0 Å². The third-order valence-corrected chi connectivity index (χ3v) is 6.20. The molecule has 0 fully saturated rings. The Hall–Kier alpha value is -1.92. The van der Waals surface area contributed by atoms with Crippen LogP contribution in [0.5, 0.6) is 11.5 Å². The fourth-order valence-corrected chi connectivity index (χ4v) is 4.83. The zero-order valence-electron chi connectivity index (χ0n) is 13.5. The molecule has 0 radical (unpaired) electrons. The summed E-state index contributed by atoms with van der Waals surface area (Å²) in [6, 6.07) is 10.4. The molecule has 3 rings (SSSR count). The predicted molar refractivity (Wildman–Crippen MR) is 93.9 cm³/mol. The fraction of sp³-hybridized carbons (Fsp3) is 0.294. The number of rotatable bonds is 4. The Labute approximate surface area is 146 Å². The number of halogens is 1. The summed E-state index contributed by atoms with van der Waals surface area (Å²) < 4.78 is 38.4. The second kappa shape index (κ2) is 6.53. The van der Waals surface area contributed by atoms with E-state index in [0.29, 0.717) is 23.0 Å². The molecular formula is C17H18ClNO4S. The van der Waals surface area contributed by atoms with Crippen molar-refractivity contribution in [2.45, 2.75) is 17.7 Å². The molecule has 0 amide bonds. The van der Waals surface area contributed by atoms with E-state index in [4.69, 9.17) is 21.1 Å². The van der Waals surface area contributed by atoms with Crippen LogP contribution in [-0.4, -0.2) is 29.2 Å². The highest BCUT2D eigenvalue weighted by Crippen LogP contribution is 2.39. The molecule has 1 heterocycles. The summed E-state index contributed by atoms with van der Waals surface area (Å²) in [6.45, 7) is 0.424. The standard InChI is InChI=1S/C17H18ClNO4S/c1-22-15-11-17(16(23-2)10-13(15)18)24(20,21)19-9-5-7-12-6-3-4-8-14(12)19/h3-4,6,8,10-11H,5,7,9H2,1-2H3. The molecular weight excluding hydrogens is 350 g/mol.